The minimum atomic E-state index is -0.210. The van der Waals surface area contributed by atoms with Crippen molar-refractivity contribution in [2.45, 2.75) is 25.6 Å². The summed E-state index contributed by atoms with van der Waals surface area (Å²) < 4.78 is 5.29. The summed E-state index contributed by atoms with van der Waals surface area (Å²) in [5.74, 6) is 1.02. The second kappa shape index (κ2) is 8.82. The summed E-state index contributed by atoms with van der Waals surface area (Å²) in [4.78, 5) is 0. The molecule has 154 valence electrons. The van der Waals surface area contributed by atoms with Crippen molar-refractivity contribution in [1.29, 1.82) is 0 Å². The van der Waals surface area contributed by atoms with Crippen LogP contribution in [0.1, 0.15) is 41.4 Å². The Morgan fingerprint density at radius 1 is 1.00 bits per heavy atom. The third-order valence-electron chi connectivity index (χ3n) is 5.43. The van der Waals surface area contributed by atoms with E-state index in [9.17, 15) is 5.11 Å². The lowest BCUT2D eigenvalue weighted by Gasteiger charge is -2.33. The Bertz CT molecular complexity index is 1050. The summed E-state index contributed by atoms with van der Waals surface area (Å²) in [6.45, 7) is 2.15. The number of hydrogen-bond acceptors (Lipinski definition) is 4. The minimum absolute atomic E-state index is 0.148. The van der Waals surface area contributed by atoms with Crippen LogP contribution in [-0.4, -0.2) is 12.2 Å². The molecule has 0 aromatic heterocycles. The molecule has 0 saturated heterocycles. The van der Waals surface area contributed by atoms with E-state index in [-0.39, 0.29) is 18.0 Å². The first-order chi connectivity index (χ1) is 14.6. The Balaban J connectivity index is 1.74. The van der Waals surface area contributed by atoms with E-state index in [1.165, 1.54) is 5.56 Å². The van der Waals surface area contributed by atoms with E-state index >= 15 is 0 Å². The predicted molar refractivity (Wildman–Crippen MR) is 122 cm³/mol. The van der Waals surface area contributed by atoms with Crippen LogP contribution in [0.15, 0.2) is 72.8 Å². The SMILES string of the molecule is CCc1ccc(C2=CC(c3cc(Cl)ccc3O)NC(c3ccc(OC)cc3)N2)cc1. The number of phenolic OH excluding ortho intramolecular Hbond substituents is 1. The molecular formula is C25H25ClN2O2. The second-order valence-electron chi connectivity index (χ2n) is 7.33. The molecule has 0 saturated carbocycles. The zero-order chi connectivity index (χ0) is 21.1. The quantitative estimate of drug-likeness (QED) is 0.503. The fourth-order valence-corrected chi connectivity index (χ4v) is 3.85. The maximum atomic E-state index is 10.5. The number of nitrogens with one attached hydrogen (secondary N) is 2. The van der Waals surface area contributed by atoms with Gasteiger partial charge in [0.15, 0.2) is 0 Å². The molecule has 30 heavy (non-hydrogen) atoms. The Kier molecular flexibility index (Phi) is 5.98. The van der Waals surface area contributed by atoms with Crippen molar-refractivity contribution in [3.8, 4) is 11.5 Å². The molecule has 1 heterocycles. The average Bonchev–Trinajstić information content (AvgIpc) is 2.80. The van der Waals surface area contributed by atoms with Crippen LogP contribution < -0.4 is 15.4 Å². The van der Waals surface area contributed by atoms with Gasteiger partial charge in [-0.1, -0.05) is 54.9 Å². The van der Waals surface area contributed by atoms with Crippen LogP contribution in [0.4, 0.5) is 0 Å². The Hall–Kier alpha value is -2.95. The van der Waals surface area contributed by atoms with Crippen molar-refractivity contribution < 1.29 is 9.84 Å². The van der Waals surface area contributed by atoms with Crippen LogP contribution in [0, 0.1) is 0 Å². The number of methoxy groups -OCH3 is 1. The standard InChI is InChI=1S/C25H25ClN2O2/c1-3-16-4-6-17(7-5-16)22-15-23(21-14-19(26)10-13-24(21)29)28-25(27-22)18-8-11-20(30-2)12-9-18/h4-15,23,25,27-29H,3H2,1-2H3. The number of hydrogen-bond donors (Lipinski definition) is 3. The fraction of sp³-hybridized carbons (Fsp3) is 0.200. The third kappa shape index (κ3) is 4.30. The normalized spacial score (nSPS) is 18.4. The molecule has 1 aliphatic heterocycles. The topological polar surface area (TPSA) is 53.5 Å². The smallest absolute Gasteiger partial charge is 0.120 e. The summed E-state index contributed by atoms with van der Waals surface area (Å²) in [5, 5.41) is 18.2. The number of ether oxygens (including phenoxy) is 1. The molecule has 3 aromatic rings. The lowest BCUT2D eigenvalue weighted by Crippen LogP contribution is -2.39. The number of rotatable bonds is 5. The van der Waals surface area contributed by atoms with Crippen LogP contribution in [-0.2, 0) is 6.42 Å². The van der Waals surface area contributed by atoms with Gasteiger partial charge in [0.05, 0.1) is 13.2 Å². The van der Waals surface area contributed by atoms with Crippen molar-refractivity contribution in [2.24, 2.45) is 0 Å². The highest BCUT2D eigenvalue weighted by Gasteiger charge is 2.26. The number of halogens is 1. The maximum Gasteiger partial charge on any atom is 0.120 e. The van der Waals surface area contributed by atoms with Crippen LogP contribution in [0.5, 0.6) is 11.5 Å². The van der Waals surface area contributed by atoms with Gasteiger partial charge < -0.3 is 15.2 Å². The van der Waals surface area contributed by atoms with Gasteiger partial charge in [0.1, 0.15) is 17.7 Å². The first kappa shape index (κ1) is 20.3. The number of phenols is 1. The molecule has 3 aromatic carbocycles. The van der Waals surface area contributed by atoms with E-state index in [0.29, 0.717) is 5.02 Å². The van der Waals surface area contributed by atoms with Gasteiger partial charge in [0.2, 0.25) is 0 Å². The van der Waals surface area contributed by atoms with Gasteiger partial charge in [-0.3, -0.25) is 5.32 Å². The highest BCUT2D eigenvalue weighted by atomic mass is 35.5. The van der Waals surface area contributed by atoms with Gasteiger partial charge in [0, 0.05) is 16.3 Å². The lowest BCUT2D eigenvalue weighted by molar-refractivity contribution is 0.410. The molecule has 3 N–H and O–H groups in total. The van der Waals surface area contributed by atoms with Gasteiger partial charge >= 0.3 is 0 Å². The third-order valence-corrected chi connectivity index (χ3v) is 5.66. The largest absolute Gasteiger partial charge is 0.508 e. The first-order valence-electron chi connectivity index (χ1n) is 10.0. The molecule has 4 rings (SSSR count). The van der Waals surface area contributed by atoms with E-state index in [0.717, 1.165) is 34.6 Å². The van der Waals surface area contributed by atoms with Crippen LogP contribution in [0.2, 0.25) is 5.02 Å². The molecule has 5 heteroatoms. The Morgan fingerprint density at radius 2 is 1.73 bits per heavy atom. The molecule has 0 fully saturated rings. The highest BCUT2D eigenvalue weighted by Crippen LogP contribution is 2.35. The molecule has 0 amide bonds. The molecule has 0 spiro atoms. The lowest BCUT2D eigenvalue weighted by atomic mass is 9.97. The average molecular weight is 421 g/mol. The van der Waals surface area contributed by atoms with E-state index in [4.69, 9.17) is 16.3 Å². The first-order valence-corrected chi connectivity index (χ1v) is 10.4. The number of aromatic hydroxyl groups is 1. The molecule has 4 nitrogen and oxygen atoms in total. The van der Waals surface area contributed by atoms with Crippen molar-refractivity contribution in [3.63, 3.8) is 0 Å². The highest BCUT2D eigenvalue weighted by molar-refractivity contribution is 6.30. The summed E-state index contributed by atoms with van der Waals surface area (Å²) in [6.07, 6.45) is 2.94. The Labute approximate surface area is 182 Å². The van der Waals surface area contributed by atoms with E-state index in [2.05, 4.69) is 47.9 Å². The molecule has 0 aliphatic carbocycles. The van der Waals surface area contributed by atoms with Gasteiger partial charge in [0.25, 0.3) is 0 Å². The monoisotopic (exact) mass is 420 g/mol. The fourth-order valence-electron chi connectivity index (χ4n) is 3.67. The van der Waals surface area contributed by atoms with Crippen LogP contribution in [0.3, 0.4) is 0 Å². The molecule has 2 unspecified atom stereocenters. The van der Waals surface area contributed by atoms with Crippen LogP contribution in [0.25, 0.3) is 5.70 Å². The predicted octanol–water partition coefficient (Wildman–Crippen LogP) is 5.59. The molecule has 2 atom stereocenters. The van der Waals surface area contributed by atoms with Gasteiger partial charge in [-0.15, -0.1) is 0 Å². The summed E-state index contributed by atoms with van der Waals surface area (Å²) in [7, 11) is 1.66. The Morgan fingerprint density at radius 3 is 2.40 bits per heavy atom. The van der Waals surface area contributed by atoms with E-state index in [1.54, 1.807) is 25.3 Å². The van der Waals surface area contributed by atoms with Crippen molar-refractivity contribution in [2.75, 3.05) is 7.11 Å². The molecule has 0 bridgehead atoms. The molecule has 1 aliphatic rings. The van der Waals surface area contributed by atoms with Gasteiger partial charge in [-0.05, 0) is 59.5 Å². The van der Waals surface area contributed by atoms with Crippen molar-refractivity contribution in [3.05, 3.63) is 100 Å². The molecular weight excluding hydrogens is 396 g/mol. The van der Waals surface area contributed by atoms with Gasteiger partial charge in [-0.2, -0.15) is 0 Å². The van der Waals surface area contributed by atoms with E-state index < -0.39 is 0 Å². The zero-order valence-electron chi connectivity index (χ0n) is 17.0. The number of benzene rings is 3. The maximum absolute atomic E-state index is 10.5. The van der Waals surface area contributed by atoms with Crippen molar-refractivity contribution in [1.82, 2.24) is 10.6 Å². The van der Waals surface area contributed by atoms with Crippen LogP contribution >= 0.6 is 11.6 Å². The second-order valence-corrected chi connectivity index (χ2v) is 7.77. The van der Waals surface area contributed by atoms with Gasteiger partial charge in [-0.25, -0.2) is 0 Å². The summed E-state index contributed by atoms with van der Waals surface area (Å²) in [6, 6.07) is 21.4. The molecule has 0 radical (unpaired) electrons. The van der Waals surface area contributed by atoms with Crippen molar-refractivity contribution >= 4 is 17.3 Å². The minimum Gasteiger partial charge on any atom is -0.508 e. The summed E-state index contributed by atoms with van der Waals surface area (Å²) in [5.41, 5.74) is 5.20. The van der Waals surface area contributed by atoms with E-state index in [1.807, 2.05) is 24.3 Å². The number of aryl methyl sites for hydroxylation is 1. The summed E-state index contributed by atoms with van der Waals surface area (Å²) >= 11 is 6.22. The zero-order valence-corrected chi connectivity index (χ0v) is 17.8.